The molecule has 98 valence electrons. The molecule has 3 aliphatic rings. The zero-order chi connectivity index (χ0) is 12.5. The first-order valence-corrected chi connectivity index (χ1v) is 6.08. The largest absolute Gasteiger partial charge is 0.348 e. The van der Waals surface area contributed by atoms with Crippen molar-refractivity contribution in [3.63, 3.8) is 0 Å². The molecule has 0 aliphatic carbocycles. The van der Waals surface area contributed by atoms with E-state index in [0.717, 1.165) is 0 Å². The van der Waals surface area contributed by atoms with Crippen molar-refractivity contribution in [3.05, 3.63) is 0 Å². The maximum Gasteiger partial charge on any atom is 0.198 e. The summed E-state index contributed by atoms with van der Waals surface area (Å²) in [6.07, 6.45) is -0.453. The van der Waals surface area contributed by atoms with Gasteiger partial charge in [0.1, 0.15) is 18.3 Å². The monoisotopic (exact) mass is 244 g/mol. The van der Waals surface area contributed by atoms with Crippen LogP contribution in [0.3, 0.4) is 0 Å². The molecule has 5 nitrogen and oxygen atoms in total. The molecule has 0 unspecified atom stereocenters. The number of fused-ring (bicyclic) bond motifs is 3. The molecule has 0 aromatic carbocycles. The summed E-state index contributed by atoms with van der Waals surface area (Å²) in [5, 5.41) is 0. The van der Waals surface area contributed by atoms with E-state index in [1.807, 2.05) is 34.6 Å². The summed E-state index contributed by atoms with van der Waals surface area (Å²) in [7, 11) is 0. The third-order valence-corrected chi connectivity index (χ3v) is 3.44. The lowest BCUT2D eigenvalue weighted by Gasteiger charge is -2.38. The Labute approximate surface area is 101 Å². The maximum absolute atomic E-state index is 5.92. The molecule has 3 heterocycles. The highest BCUT2D eigenvalue weighted by atomic mass is 16.9. The Morgan fingerprint density at radius 1 is 0.882 bits per heavy atom. The lowest BCUT2D eigenvalue weighted by Crippen LogP contribution is -2.51. The number of hydrogen-bond acceptors (Lipinski definition) is 5. The van der Waals surface area contributed by atoms with Crippen molar-refractivity contribution in [1.29, 1.82) is 0 Å². The second-order valence-electron chi connectivity index (χ2n) is 6.01. The third-order valence-electron chi connectivity index (χ3n) is 3.44. The smallest absolute Gasteiger partial charge is 0.198 e. The highest BCUT2D eigenvalue weighted by Crippen LogP contribution is 2.48. The van der Waals surface area contributed by atoms with Gasteiger partial charge in [0.2, 0.25) is 0 Å². The van der Waals surface area contributed by atoms with Gasteiger partial charge in [-0.3, -0.25) is 0 Å². The van der Waals surface area contributed by atoms with E-state index in [2.05, 4.69) is 0 Å². The van der Waals surface area contributed by atoms with E-state index in [9.17, 15) is 0 Å². The first-order valence-electron chi connectivity index (χ1n) is 6.08. The molecule has 5 heteroatoms. The first-order chi connectivity index (χ1) is 7.71. The number of ether oxygens (including phenoxy) is 5. The molecule has 17 heavy (non-hydrogen) atoms. The van der Waals surface area contributed by atoms with Crippen LogP contribution in [0.4, 0.5) is 0 Å². The molecule has 3 rings (SSSR count). The van der Waals surface area contributed by atoms with E-state index in [4.69, 9.17) is 23.7 Å². The average Bonchev–Trinajstić information content (AvgIpc) is 2.51. The summed E-state index contributed by atoms with van der Waals surface area (Å²) >= 11 is 0. The van der Waals surface area contributed by atoms with Gasteiger partial charge in [-0.2, -0.15) is 0 Å². The van der Waals surface area contributed by atoms with Gasteiger partial charge in [-0.15, -0.1) is 0 Å². The van der Waals surface area contributed by atoms with Crippen LogP contribution in [-0.2, 0) is 23.7 Å². The molecule has 0 aromatic rings. The van der Waals surface area contributed by atoms with E-state index >= 15 is 0 Å². The van der Waals surface area contributed by atoms with Gasteiger partial charge in [0.25, 0.3) is 0 Å². The van der Waals surface area contributed by atoms with Crippen molar-refractivity contribution < 1.29 is 23.7 Å². The molecule has 0 radical (unpaired) electrons. The molecule has 0 amide bonds. The summed E-state index contributed by atoms with van der Waals surface area (Å²) < 4.78 is 29.2. The fraction of sp³-hybridized carbons (Fsp3) is 1.00. The minimum absolute atomic E-state index is 0.117. The molecule has 3 fully saturated rings. The van der Waals surface area contributed by atoms with Crippen LogP contribution < -0.4 is 0 Å². The van der Waals surface area contributed by atoms with Crippen molar-refractivity contribution in [1.82, 2.24) is 0 Å². The van der Waals surface area contributed by atoms with E-state index in [-0.39, 0.29) is 18.3 Å². The molecule has 0 saturated carbocycles. The lowest BCUT2D eigenvalue weighted by atomic mass is 10.1. The minimum Gasteiger partial charge on any atom is -0.348 e. The van der Waals surface area contributed by atoms with Crippen LogP contribution in [0, 0.1) is 0 Å². The summed E-state index contributed by atoms with van der Waals surface area (Å²) in [6, 6.07) is 0. The van der Waals surface area contributed by atoms with Gasteiger partial charge in [-0.05, 0) is 34.6 Å². The van der Waals surface area contributed by atoms with Gasteiger partial charge >= 0.3 is 0 Å². The van der Waals surface area contributed by atoms with E-state index < -0.39 is 17.4 Å². The normalized spacial score (nSPS) is 51.0. The predicted molar refractivity (Wildman–Crippen MR) is 58.2 cm³/mol. The van der Waals surface area contributed by atoms with Gasteiger partial charge in [-0.25, -0.2) is 0 Å². The third kappa shape index (κ3) is 1.81. The SMILES string of the molecule is CC1(C)OC[C@@H]2O[C@@]3(C)OC(C)(C)O[C@H]3[C@@H]2O1. The molecule has 0 N–H and O–H groups in total. The van der Waals surface area contributed by atoms with Crippen LogP contribution in [0.25, 0.3) is 0 Å². The van der Waals surface area contributed by atoms with Crippen LogP contribution in [0.1, 0.15) is 34.6 Å². The van der Waals surface area contributed by atoms with Gasteiger partial charge < -0.3 is 23.7 Å². The van der Waals surface area contributed by atoms with Crippen molar-refractivity contribution in [3.8, 4) is 0 Å². The Kier molecular flexibility index (Phi) is 2.25. The summed E-state index contributed by atoms with van der Waals surface area (Å²) in [5.41, 5.74) is 0. The minimum atomic E-state index is -0.734. The molecule has 3 aliphatic heterocycles. The Bertz CT molecular complexity index is 340. The van der Waals surface area contributed by atoms with Crippen LogP contribution in [0.2, 0.25) is 0 Å². The average molecular weight is 244 g/mol. The molecular formula is C12H20O5. The van der Waals surface area contributed by atoms with Crippen LogP contribution in [0.15, 0.2) is 0 Å². The fourth-order valence-electron chi connectivity index (χ4n) is 2.91. The Morgan fingerprint density at radius 2 is 1.59 bits per heavy atom. The van der Waals surface area contributed by atoms with Crippen molar-refractivity contribution in [2.75, 3.05) is 6.61 Å². The predicted octanol–water partition coefficient (Wildman–Crippen LogP) is 1.40. The van der Waals surface area contributed by atoms with Gasteiger partial charge in [0.05, 0.1) is 6.61 Å². The number of hydrogen-bond donors (Lipinski definition) is 0. The quantitative estimate of drug-likeness (QED) is 0.644. The standard InChI is InChI=1S/C12H20O5/c1-10(2)13-6-7-8(15-10)9-12(5,14-7)17-11(3,4)16-9/h7-9H,6H2,1-5H3/t7-,8+,9-,12-/m0/s1. The van der Waals surface area contributed by atoms with Gasteiger partial charge in [0, 0.05) is 0 Å². The summed E-state index contributed by atoms with van der Waals surface area (Å²) in [4.78, 5) is 0. The van der Waals surface area contributed by atoms with Crippen LogP contribution in [-0.4, -0.2) is 42.3 Å². The van der Waals surface area contributed by atoms with Crippen LogP contribution >= 0.6 is 0 Å². The number of rotatable bonds is 0. The second-order valence-corrected chi connectivity index (χ2v) is 6.01. The molecule has 4 atom stereocenters. The first kappa shape index (κ1) is 11.9. The van der Waals surface area contributed by atoms with Crippen LogP contribution in [0.5, 0.6) is 0 Å². The Morgan fingerprint density at radius 3 is 2.29 bits per heavy atom. The molecule has 3 saturated heterocycles. The Balaban J connectivity index is 1.86. The fourth-order valence-corrected chi connectivity index (χ4v) is 2.91. The highest BCUT2D eigenvalue weighted by Gasteiger charge is 2.64. The van der Waals surface area contributed by atoms with E-state index in [1.54, 1.807) is 0 Å². The zero-order valence-corrected chi connectivity index (χ0v) is 11.0. The molecule has 0 bridgehead atoms. The van der Waals surface area contributed by atoms with Gasteiger partial charge in [-0.1, -0.05) is 0 Å². The second kappa shape index (κ2) is 3.22. The topological polar surface area (TPSA) is 46.2 Å². The summed E-state index contributed by atoms with van der Waals surface area (Å²) in [5.74, 6) is -1.95. The van der Waals surface area contributed by atoms with Gasteiger partial charge in [0.15, 0.2) is 17.4 Å². The summed E-state index contributed by atoms with van der Waals surface area (Å²) in [6.45, 7) is 10.00. The Hall–Kier alpha value is -0.200. The van der Waals surface area contributed by atoms with Crippen molar-refractivity contribution >= 4 is 0 Å². The van der Waals surface area contributed by atoms with Crippen molar-refractivity contribution in [2.45, 2.75) is 70.3 Å². The molecular weight excluding hydrogens is 224 g/mol. The zero-order valence-electron chi connectivity index (χ0n) is 11.0. The molecule has 0 spiro atoms. The van der Waals surface area contributed by atoms with E-state index in [1.165, 1.54) is 0 Å². The highest BCUT2D eigenvalue weighted by molar-refractivity contribution is 5.02. The maximum atomic E-state index is 5.92. The molecule has 0 aromatic heterocycles. The van der Waals surface area contributed by atoms with Crippen molar-refractivity contribution in [2.24, 2.45) is 0 Å². The lowest BCUT2D eigenvalue weighted by molar-refractivity contribution is -0.326. The van der Waals surface area contributed by atoms with E-state index in [0.29, 0.717) is 6.61 Å².